The molecule has 0 unspecified atom stereocenters. The summed E-state index contributed by atoms with van der Waals surface area (Å²) in [4.78, 5) is 15.3. The first-order chi connectivity index (χ1) is 9.21. The monoisotopic (exact) mass is 304 g/mol. The molecule has 20 heavy (non-hydrogen) atoms. The van der Waals surface area contributed by atoms with Crippen LogP contribution in [0.3, 0.4) is 0 Å². The molecule has 0 aliphatic heterocycles. The molecule has 0 saturated carbocycles. The summed E-state index contributed by atoms with van der Waals surface area (Å²) in [5.74, 6) is -0.701. The second-order valence-corrected chi connectivity index (χ2v) is 6.30. The van der Waals surface area contributed by atoms with Gasteiger partial charge in [0.1, 0.15) is 6.54 Å². The number of aromatic nitrogens is 2. The number of nitrogen functional groups attached to an aromatic ring is 1. The molecule has 1 heterocycles. The van der Waals surface area contributed by atoms with Crippen LogP contribution in [0.25, 0.3) is 0 Å². The maximum absolute atomic E-state index is 12.6. The van der Waals surface area contributed by atoms with Crippen LogP contribution >= 0.6 is 0 Å². The SMILES string of the molecule is CCOC(=O)CN(C(C)C)S(=O)(=O)c1c(N)ncn1C. The Hall–Kier alpha value is -1.61. The van der Waals surface area contributed by atoms with E-state index in [0.717, 1.165) is 4.31 Å². The largest absolute Gasteiger partial charge is 0.465 e. The number of nitrogens with two attached hydrogens (primary N) is 1. The number of esters is 1. The van der Waals surface area contributed by atoms with E-state index in [9.17, 15) is 13.2 Å². The summed E-state index contributed by atoms with van der Waals surface area (Å²) in [6, 6.07) is -0.418. The quantitative estimate of drug-likeness (QED) is 0.739. The number of carbonyl (C=O) groups is 1. The number of carbonyl (C=O) groups excluding carboxylic acids is 1. The van der Waals surface area contributed by atoms with Gasteiger partial charge >= 0.3 is 5.97 Å². The van der Waals surface area contributed by atoms with E-state index in [1.54, 1.807) is 20.8 Å². The maximum Gasteiger partial charge on any atom is 0.321 e. The topological polar surface area (TPSA) is 108 Å². The molecule has 1 rings (SSSR count). The van der Waals surface area contributed by atoms with E-state index in [1.165, 1.54) is 17.9 Å². The third kappa shape index (κ3) is 3.28. The zero-order valence-electron chi connectivity index (χ0n) is 12.0. The van der Waals surface area contributed by atoms with Gasteiger partial charge in [-0.15, -0.1) is 0 Å². The Kier molecular flexibility index (Phi) is 5.12. The second kappa shape index (κ2) is 6.23. The Labute approximate surface area is 118 Å². The number of hydrogen-bond acceptors (Lipinski definition) is 6. The van der Waals surface area contributed by atoms with Crippen molar-refractivity contribution in [1.29, 1.82) is 0 Å². The standard InChI is InChI=1S/C11H20N4O4S/c1-5-19-9(16)6-15(8(2)3)20(17,18)11-10(12)13-7-14(11)4/h7-8H,5-6,12H2,1-4H3. The molecular formula is C11H20N4O4S. The van der Waals surface area contributed by atoms with Gasteiger partial charge in [-0.3, -0.25) is 4.79 Å². The molecule has 0 spiro atoms. The van der Waals surface area contributed by atoms with Crippen LogP contribution in [0.4, 0.5) is 5.82 Å². The highest BCUT2D eigenvalue weighted by atomic mass is 32.2. The lowest BCUT2D eigenvalue weighted by molar-refractivity contribution is -0.143. The van der Waals surface area contributed by atoms with Gasteiger partial charge in [0.2, 0.25) is 0 Å². The van der Waals surface area contributed by atoms with Gasteiger partial charge in [0, 0.05) is 13.1 Å². The fourth-order valence-corrected chi connectivity index (χ4v) is 3.52. The molecule has 0 radical (unpaired) electrons. The van der Waals surface area contributed by atoms with Gasteiger partial charge in [0.15, 0.2) is 10.8 Å². The summed E-state index contributed by atoms with van der Waals surface area (Å²) in [7, 11) is -2.40. The number of nitrogens with zero attached hydrogens (tertiary/aromatic N) is 3. The Morgan fingerprint density at radius 3 is 2.55 bits per heavy atom. The first kappa shape index (κ1) is 16.4. The van der Waals surface area contributed by atoms with Crippen LogP contribution in [0.15, 0.2) is 11.4 Å². The maximum atomic E-state index is 12.6. The van der Waals surface area contributed by atoms with Crippen molar-refractivity contribution in [3.05, 3.63) is 6.33 Å². The lowest BCUT2D eigenvalue weighted by Crippen LogP contribution is -2.42. The fourth-order valence-electron chi connectivity index (χ4n) is 1.74. The van der Waals surface area contributed by atoms with Crippen LogP contribution in [-0.2, 0) is 26.6 Å². The van der Waals surface area contributed by atoms with Crippen molar-refractivity contribution in [2.45, 2.75) is 31.8 Å². The zero-order chi connectivity index (χ0) is 15.5. The van der Waals surface area contributed by atoms with Crippen LogP contribution in [0.5, 0.6) is 0 Å². The highest BCUT2D eigenvalue weighted by Crippen LogP contribution is 2.22. The average Bonchev–Trinajstić information content (AvgIpc) is 2.66. The Morgan fingerprint density at radius 1 is 1.55 bits per heavy atom. The van der Waals surface area contributed by atoms with E-state index in [4.69, 9.17) is 10.5 Å². The van der Waals surface area contributed by atoms with Gasteiger partial charge in [-0.2, -0.15) is 4.31 Å². The number of hydrogen-bond donors (Lipinski definition) is 1. The Bertz CT molecular complexity index is 560. The molecule has 2 N–H and O–H groups in total. The van der Waals surface area contributed by atoms with Gasteiger partial charge in [-0.05, 0) is 20.8 Å². The van der Waals surface area contributed by atoms with E-state index in [0.29, 0.717) is 0 Å². The molecule has 9 heteroatoms. The molecule has 1 aromatic heterocycles. The number of imidazole rings is 1. The van der Waals surface area contributed by atoms with Gasteiger partial charge in [-0.1, -0.05) is 0 Å². The van der Waals surface area contributed by atoms with Crippen LogP contribution in [0.2, 0.25) is 0 Å². The van der Waals surface area contributed by atoms with Crippen LogP contribution < -0.4 is 5.73 Å². The molecule has 1 aromatic rings. The zero-order valence-corrected chi connectivity index (χ0v) is 12.8. The highest BCUT2D eigenvalue weighted by molar-refractivity contribution is 7.89. The van der Waals surface area contributed by atoms with Crippen molar-refractivity contribution in [2.24, 2.45) is 7.05 Å². The number of ether oxygens (including phenoxy) is 1. The number of aryl methyl sites for hydroxylation is 1. The number of anilines is 1. The molecule has 0 saturated heterocycles. The minimum absolute atomic E-state index is 0.0954. The van der Waals surface area contributed by atoms with Crippen molar-refractivity contribution in [2.75, 3.05) is 18.9 Å². The van der Waals surface area contributed by atoms with E-state index < -0.39 is 22.0 Å². The minimum atomic E-state index is -3.92. The predicted octanol–water partition coefficient (Wildman–Crippen LogP) is -0.0355. The van der Waals surface area contributed by atoms with Crippen molar-refractivity contribution >= 4 is 21.8 Å². The Balaban J connectivity index is 3.17. The second-order valence-electron chi connectivity index (χ2n) is 4.49. The average molecular weight is 304 g/mol. The van der Waals surface area contributed by atoms with Gasteiger partial charge in [0.05, 0.1) is 12.9 Å². The van der Waals surface area contributed by atoms with E-state index in [-0.39, 0.29) is 24.0 Å². The molecule has 0 aliphatic carbocycles. The van der Waals surface area contributed by atoms with E-state index in [1.807, 2.05) is 0 Å². The lowest BCUT2D eigenvalue weighted by atomic mass is 10.4. The summed E-state index contributed by atoms with van der Waals surface area (Å²) in [5.41, 5.74) is 5.60. The van der Waals surface area contributed by atoms with Gasteiger partial charge in [0.25, 0.3) is 10.0 Å². The van der Waals surface area contributed by atoms with E-state index >= 15 is 0 Å². The smallest absolute Gasteiger partial charge is 0.321 e. The highest BCUT2D eigenvalue weighted by Gasteiger charge is 2.33. The lowest BCUT2D eigenvalue weighted by Gasteiger charge is -2.24. The van der Waals surface area contributed by atoms with Crippen LogP contribution in [-0.4, -0.2) is 47.4 Å². The number of rotatable bonds is 6. The molecule has 0 fully saturated rings. The van der Waals surface area contributed by atoms with Gasteiger partial charge in [-0.25, -0.2) is 13.4 Å². The number of sulfonamides is 1. The van der Waals surface area contributed by atoms with Crippen LogP contribution in [0.1, 0.15) is 20.8 Å². The van der Waals surface area contributed by atoms with Crippen molar-refractivity contribution in [1.82, 2.24) is 13.9 Å². The van der Waals surface area contributed by atoms with Crippen molar-refractivity contribution in [3.63, 3.8) is 0 Å². The van der Waals surface area contributed by atoms with Crippen molar-refractivity contribution < 1.29 is 17.9 Å². The molecule has 0 bridgehead atoms. The van der Waals surface area contributed by atoms with Crippen LogP contribution in [0, 0.1) is 0 Å². The summed E-state index contributed by atoms with van der Waals surface area (Å²) in [6.07, 6.45) is 1.31. The summed E-state index contributed by atoms with van der Waals surface area (Å²) < 4.78 is 32.3. The third-order valence-corrected chi connectivity index (χ3v) is 4.78. The molecule has 0 atom stereocenters. The summed E-state index contributed by atoms with van der Waals surface area (Å²) >= 11 is 0. The minimum Gasteiger partial charge on any atom is -0.465 e. The normalized spacial score (nSPS) is 12.1. The predicted molar refractivity (Wildman–Crippen MR) is 73.3 cm³/mol. The molecular weight excluding hydrogens is 284 g/mol. The molecule has 0 amide bonds. The fraction of sp³-hybridized carbons (Fsp3) is 0.636. The summed E-state index contributed by atoms with van der Waals surface area (Å²) in [6.45, 7) is 4.83. The molecule has 0 aliphatic rings. The third-order valence-electron chi connectivity index (χ3n) is 2.63. The molecule has 114 valence electrons. The van der Waals surface area contributed by atoms with Gasteiger partial charge < -0.3 is 15.0 Å². The first-order valence-corrected chi connectivity index (χ1v) is 7.60. The molecule has 0 aromatic carbocycles. The Morgan fingerprint density at radius 2 is 2.15 bits per heavy atom. The first-order valence-electron chi connectivity index (χ1n) is 6.16. The van der Waals surface area contributed by atoms with E-state index in [2.05, 4.69) is 4.98 Å². The van der Waals surface area contributed by atoms with Crippen molar-refractivity contribution in [3.8, 4) is 0 Å². The molecule has 8 nitrogen and oxygen atoms in total. The summed E-state index contributed by atoms with van der Waals surface area (Å²) in [5, 5.41) is -0.129.